The number of rotatable bonds is 3. The van der Waals surface area contributed by atoms with Crippen LogP contribution < -0.4 is 0 Å². The second kappa shape index (κ2) is 5.61. The van der Waals surface area contributed by atoms with Crippen LogP contribution in [-0.2, 0) is 11.3 Å². The van der Waals surface area contributed by atoms with Gasteiger partial charge in [0.2, 0.25) is 0 Å². The third-order valence-electron chi connectivity index (χ3n) is 3.66. The van der Waals surface area contributed by atoms with Crippen molar-refractivity contribution in [2.45, 2.75) is 25.5 Å². The predicted octanol–water partition coefficient (Wildman–Crippen LogP) is 2.59. The summed E-state index contributed by atoms with van der Waals surface area (Å²) in [5, 5.41) is 15.8. The number of hydrogen-bond acceptors (Lipinski definition) is 3. The molecule has 2 atom stereocenters. The number of fused-ring (bicyclic) bond motifs is 1. The lowest BCUT2D eigenvalue weighted by Gasteiger charge is -2.26. The molecule has 0 aliphatic carbocycles. The number of ether oxygens (including phenoxy) is 1. The van der Waals surface area contributed by atoms with E-state index in [2.05, 4.69) is 21.0 Å². The molecule has 1 fully saturated rings. The van der Waals surface area contributed by atoms with Crippen LogP contribution in [0.3, 0.4) is 0 Å². The molecule has 1 aliphatic heterocycles. The molecular weight excluding hydrogens is 308 g/mol. The molecule has 0 amide bonds. The van der Waals surface area contributed by atoms with Gasteiger partial charge in [-0.2, -0.15) is 5.10 Å². The fourth-order valence-corrected chi connectivity index (χ4v) is 3.02. The maximum Gasteiger partial charge on any atom is 0.0934 e. The van der Waals surface area contributed by atoms with Crippen molar-refractivity contribution < 1.29 is 9.84 Å². The summed E-state index contributed by atoms with van der Waals surface area (Å²) in [6, 6.07) is 5.95. The van der Waals surface area contributed by atoms with E-state index < -0.39 is 6.10 Å². The second-order valence-corrected chi connectivity index (χ2v) is 5.92. The lowest BCUT2D eigenvalue weighted by molar-refractivity contribution is -0.0161. The van der Waals surface area contributed by atoms with Gasteiger partial charge in [0, 0.05) is 28.6 Å². The molecular formula is C14H17BrN2O2. The molecule has 4 nitrogen and oxygen atoms in total. The third kappa shape index (κ3) is 2.83. The summed E-state index contributed by atoms with van der Waals surface area (Å²) >= 11 is 3.52. The zero-order valence-electron chi connectivity index (χ0n) is 10.6. The molecule has 3 rings (SSSR count). The highest BCUT2D eigenvalue weighted by Gasteiger charge is 2.23. The van der Waals surface area contributed by atoms with Crippen LogP contribution in [0, 0.1) is 5.92 Å². The molecule has 2 unspecified atom stereocenters. The Labute approximate surface area is 120 Å². The van der Waals surface area contributed by atoms with Gasteiger partial charge in [0.05, 0.1) is 24.8 Å². The number of aromatic nitrogens is 2. The van der Waals surface area contributed by atoms with Gasteiger partial charge in [-0.1, -0.05) is 22.0 Å². The number of halogens is 1. The molecule has 0 radical (unpaired) electrons. The van der Waals surface area contributed by atoms with Gasteiger partial charge in [0.15, 0.2) is 0 Å². The van der Waals surface area contributed by atoms with Gasteiger partial charge in [-0.15, -0.1) is 0 Å². The Bertz CT molecular complexity index is 564. The Morgan fingerprint density at radius 2 is 2.42 bits per heavy atom. The highest BCUT2D eigenvalue weighted by atomic mass is 79.9. The van der Waals surface area contributed by atoms with E-state index in [1.807, 2.05) is 29.1 Å². The molecule has 0 bridgehead atoms. The highest BCUT2D eigenvalue weighted by molar-refractivity contribution is 9.10. The third-order valence-corrected chi connectivity index (χ3v) is 4.35. The zero-order chi connectivity index (χ0) is 13.2. The van der Waals surface area contributed by atoms with Crippen molar-refractivity contribution in [3.05, 3.63) is 28.9 Å². The maximum atomic E-state index is 10.3. The number of aliphatic hydroxyl groups is 1. The summed E-state index contributed by atoms with van der Waals surface area (Å²) in [6.07, 6.45) is 3.65. The average Bonchev–Trinajstić information content (AvgIpc) is 2.84. The SMILES string of the molecule is OC(Cn1cc2c(Br)cccc2n1)C1CCCOC1. The van der Waals surface area contributed by atoms with Crippen LogP contribution in [0.25, 0.3) is 10.9 Å². The quantitative estimate of drug-likeness (QED) is 0.944. The van der Waals surface area contributed by atoms with Gasteiger partial charge in [0.1, 0.15) is 0 Å². The molecule has 0 saturated carbocycles. The Hall–Kier alpha value is -0.910. The summed E-state index contributed by atoms with van der Waals surface area (Å²) in [5.74, 6) is 0.226. The fraction of sp³-hybridized carbons (Fsp3) is 0.500. The number of hydrogen-bond donors (Lipinski definition) is 1. The largest absolute Gasteiger partial charge is 0.391 e. The van der Waals surface area contributed by atoms with Gasteiger partial charge in [-0.25, -0.2) is 0 Å². The molecule has 1 N–H and O–H groups in total. The van der Waals surface area contributed by atoms with Crippen LogP contribution in [0.2, 0.25) is 0 Å². The minimum Gasteiger partial charge on any atom is -0.391 e. The molecule has 1 aromatic heterocycles. The van der Waals surface area contributed by atoms with Gasteiger partial charge >= 0.3 is 0 Å². The topological polar surface area (TPSA) is 47.3 Å². The molecule has 0 spiro atoms. The van der Waals surface area contributed by atoms with E-state index in [0.29, 0.717) is 13.2 Å². The van der Waals surface area contributed by atoms with E-state index >= 15 is 0 Å². The number of benzene rings is 1. The van der Waals surface area contributed by atoms with Gasteiger partial charge in [-0.05, 0) is 25.0 Å². The first-order valence-corrected chi connectivity index (χ1v) is 7.41. The molecule has 2 aromatic rings. The first-order valence-electron chi connectivity index (χ1n) is 6.61. The Morgan fingerprint density at radius 3 is 3.16 bits per heavy atom. The maximum absolute atomic E-state index is 10.3. The van der Waals surface area contributed by atoms with Crippen LogP contribution >= 0.6 is 15.9 Å². The summed E-state index contributed by atoms with van der Waals surface area (Å²) in [4.78, 5) is 0. The second-order valence-electron chi connectivity index (χ2n) is 5.07. The van der Waals surface area contributed by atoms with Crippen LogP contribution in [0.15, 0.2) is 28.9 Å². The minimum atomic E-state index is -0.395. The van der Waals surface area contributed by atoms with E-state index in [0.717, 1.165) is 34.8 Å². The number of aliphatic hydroxyl groups excluding tert-OH is 1. The molecule has 5 heteroatoms. The number of nitrogens with zero attached hydrogens (tertiary/aromatic N) is 2. The van der Waals surface area contributed by atoms with Crippen molar-refractivity contribution in [1.29, 1.82) is 0 Å². The molecule has 1 aromatic carbocycles. The summed E-state index contributed by atoms with van der Waals surface area (Å²) in [5.41, 5.74) is 0.946. The van der Waals surface area contributed by atoms with E-state index in [1.165, 1.54) is 0 Å². The van der Waals surface area contributed by atoms with Crippen molar-refractivity contribution in [3.63, 3.8) is 0 Å². The van der Waals surface area contributed by atoms with Crippen LogP contribution in [0.4, 0.5) is 0 Å². The zero-order valence-corrected chi connectivity index (χ0v) is 12.2. The molecule has 102 valence electrons. The van der Waals surface area contributed by atoms with Crippen LogP contribution in [-0.4, -0.2) is 34.2 Å². The van der Waals surface area contributed by atoms with E-state index in [4.69, 9.17) is 4.74 Å². The van der Waals surface area contributed by atoms with Crippen molar-refractivity contribution in [2.75, 3.05) is 13.2 Å². The van der Waals surface area contributed by atoms with Gasteiger partial charge in [0.25, 0.3) is 0 Å². The van der Waals surface area contributed by atoms with Crippen LogP contribution in [0.1, 0.15) is 12.8 Å². The lowest BCUT2D eigenvalue weighted by atomic mass is 9.96. The van der Waals surface area contributed by atoms with E-state index in [9.17, 15) is 5.11 Å². The van der Waals surface area contributed by atoms with Gasteiger partial charge < -0.3 is 9.84 Å². The summed E-state index contributed by atoms with van der Waals surface area (Å²) < 4.78 is 8.28. The smallest absolute Gasteiger partial charge is 0.0934 e. The monoisotopic (exact) mass is 324 g/mol. The van der Waals surface area contributed by atoms with E-state index in [-0.39, 0.29) is 5.92 Å². The first-order chi connectivity index (χ1) is 9.24. The average molecular weight is 325 g/mol. The first kappa shape index (κ1) is 13.1. The summed E-state index contributed by atoms with van der Waals surface area (Å²) in [6.45, 7) is 2.00. The lowest BCUT2D eigenvalue weighted by Crippen LogP contribution is -2.32. The van der Waals surface area contributed by atoms with Crippen LogP contribution in [0.5, 0.6) is 0 Å². The minimum absolute atomic E-state index is 0.226. The van der Waals surface area contributed by atoms with Crippen molar-refractivity contribution in [2.24, 2.45) is 5.92 Å². The van der Waals surface area contributed by atoms with Crippen molar-refractivity contribution in [1.82, 2.24) is 9.78 Å². The molecule has 1 aliphatic rings. The predicted molar refractivity (Wildman–Crippen MR) is 77.0 cm³/mol. The molecule has 19 heavy (non-hydrogen) atoms. The fourth-order valence-electron chi connectivity index (χ4n) is 2.56. The van der Waals surface area contributed by atoms with Crippen molar-refractivity contribution >= 4 is 26.8 Å². The Morgan fingerprint density at radius 1 is 1.53 bits per heavy atom. The van der Waals surface area contributed by atoms with Gasteiger partial charge in [-0.3, -0.25) is 4.68 Å². The highest BCUT2D eigenvalue weighted by Crippen LogP contribution is 2.24. The summed E-state index contributed by atoms with van der Waals surface area (Å²) in [7, 11) is 0. The Kier molecular flexibility index (Phi) is 3.86. The van der Waals surface area contributed by atoms with Crippen molar-refractivity contribution in [3.8, 4) is 0 Å². The normalized spacial score (nSPS) is 21.7. The van der Waals surface area contributed by atoms with E-state index in [1.54, 1.807) is 0 Å². The standard InChI is InChI=1S/C14H17BrN2O2/c15-12-4-1-5-13-11(12)7-17(16-13)8-14(18)10-3-2-6-19-9-10/h1,4-5,7,10,14,18H,2-3,6,8-9H2. The molecule has 1 saturated heterocycles. The molecule has 2 heterocycles. The Balaban J connectivity index is 1.75.